The summed E-state index contributed by atoms with van der Waals surface area (Å²) in [5.41, 5.74) is 9.35. The molecule has 17 heavy (non-hydrogen) atoms. The Morgan fingerprint density at radius 3 is 2.94 bits per heavy atom. The van der Waals surface area contributed by atoms with Gasteiger partial charge in [-0.05, 0) is 30.7 Å². The third kappa shape index (κ3) is 1.56. The van der Waals surface area contributed by atoms with Gasteiger partial charge in [-0.3, -0.25) is 0 Å². The van der Waals surface area contributed by atoms with E-state index in [-0.39, 0.29) is 5.41 Å². The van der Waals surface area contributed by atoms with E-state index in [9.17, 15) is 0 Å². The molecule has 1 fully saturated rings. The first-order chi connectivity index (χ1) is 8.25. The van der Waals surface area contributed by atoms with Crippen LogP contribution in [-0.4, -0.2) is 29.3 Å². The number of ether oxygens (including phenoxy) is 1. The van der Waals surface area contributed by atoms with Crippen LogP contribution in [0.4, 0.5) is 0 Å². The first kappa shape index (κ1) is 10.7. The summed E-state index contributed by atoms with van der Waals surface area (Å²) in [7, 11) is 2.01. The summed E-state index contributed by atoms with van der Waals surface area (Å²) in [5.74, 6) is 0. The van der Waals surface area contributed by atoms with Crippen LogP contribution in [0.3, 0.4) is 0 Å². The standard InChI is InChI=1S/C13H17N3O/c1-16-9-15-11-6-10(2-3-12(11)16)13(4-5-14)7-17-8-13/h2-3,6,9H,4-5,7-8,14H2,1H3. The van der Waals surface area contributed by atoms with Gasteiger partial charge in [0.05, 0.1) is 30.6 Å². The Labute approximate surface area is 100 Å². The molecule has 1 aliphatic heterocycles. The fourth-order valence-corrected chi connectivity index (χ4v) is 2.55. The average molecular weight is 231 g/mol. The molecule has 0 atom stereocenters. The van der Waals surface area contributed by atoms with E-state index < -0.39 is 0 Å². The highest BCUT2D eigenvalue weighted by molar-refractivity contribution is 5.76. The van der Waals surface area contributed by atoms with Crippen molar-refractivity contribution in [1.82, 2.24) is 9.55 Å². The molecule has 0 aliphatic carbocycles. The van der Waals surface area contributed by atoms with Gasteiger partial charge in [0, 0.05) is 12.5 Å². The number of imidazole rings is 1. The van der Waals surface area contributed by atoms with E-state index in [1.807, 2.05) is 17.9 Å². The second kappa shape index (κ2) is 3.82. The van der Waals surface area contributed by atoms with Crippen molar-refractivity contribution in [2.75, 3.05) is 19.8 Å². The van der Waals surface area contributed by atoms with Crippen LogP contribution in [0.25, 0.3) is 11.0 Å². The Bertz CT molecular complexity index is 543. The minimum absolute atomic E-state index is 0.125. The number of fused-ring (bicyclic) bond motifs is 1. The second-order valence-corrected chi connectivity index (χ2v) is 4.87. The fourth-order valence-electron chi connectivity index (χ4n) is 2.55. The van der Waals surface area contributed by atoms with E-state index >= 15 is 0 Å². The van der Waals surface area contributed by atoms with Crippen LogP contribution in [0.15, 0.2) is 24.5 Å². The van der Waals surface area contributed by atoms with Gasteiger partial charge in [0.15, 0.2) is 0 Å². The van der Waals surface area contributed by atoms with Crippen molar-refractivity contribution >= 4 is 11.0 Å². The predicted octanol–water partition coefficient (Wildman–Crippen LogP) is 1.19. The largest absolute Gasteiger partial charge is 0.379 e. The summed E-state index contributed by atoms with van der Waals surface area (Å²) in [6, 6.07) is 6.49. The molecule has 1 aromatic heterocycles. The van der Waals surface area contributed by atoms with E-state index in [0.717, 1.165) is 30.7 Å². The summed E-state index contributed by atoms with van der Waals surface area (Å²) in [4.78, 5) is 4.40. The maximum Gasteiger partial charge on any atom is 0.0955 e. The molecule has 4 heteroatoms. The molecule has 0 unspecified atom stereocenters. The monoisotopic (exact) mass is 231 g/mol. The van der Waals surface area contributed by atoms with E-state index in [0.29, 0.717) is 6.54 Å². The Kier molecular flexibility index (Phi) is 2.42. The van der Waals surface area contributed by atoms with Crippen molar-refractivity contribution in [2.24, 2.45) is 12.8 Å². The molecule has 90 valence electrons. The van der Waals surface area contributed by atoms with Crippen molar-refractivity contribution in [3.63, 3.8) is 0 Å². The molecule has 1 aromatic carbocycles. The summed E-state index contributed by atoms with van der Waals surface area (Å²) in [6.45, 7) is 2.26. The average Bonchev–Trinajstić information content (AvgIpc) is 2.65. The van der Waals surface area contributed by atoms with Crippen molar-refractivity contribution < 1.29 is 4.74 Å². The lowest BCUT2D eigenvalue weighted by atomic mass is 9.76. The van der Waals surface area contributed by atoms with Crippen LogP contribution in [0.5, 0.6) is 0 Å². The molecular formula is C13H17N3O. The molecule has 1 aliphatic rings. The van der Waals surface area contributed by atoms with Gasteiger partial charge in [-0.1, -0.05) is 6.07 Å². The van der Waals surface area contributed by atoms with E-state index in [1.165, 1.54) is 5.56 Å². The Morgan fingerprint density at radius 1 is 1.47 bits per heavy atom. The van der Waals surface area contributed by atoms with Crippen LogP contribution < -0.4 is 5.73 Å². The molecular weight excluding hydrogens is 214 g/mol. The van der Waals surface area contributed by atoms with Crippen LogP contribution in [0, 0.1) is 0 Å². The lowest BCUT2D eigenvalue weighted by Crippen LogP contribution is -2.48. The van der Waals surface area contributed by atoms with Gasteiger partial charge in [-0.25, -0.2) is 4.98 Å². The minimum atomic E-state index is 0.125. The molecule has 3 rings (SSSR count). The van der Waals surface area contributed by atoms with Crippen molar-refractivity contribution in [2.45, 2.75) is 11.8 Å². The zero-order valence-corrected chi connectivity index (χ0v) is 10.0. The third-order valence-electron chi connectivity index (χ3n) is 3.72. The topological polar surface area (TPSA) is 53.1 Å². The predicted molar refractivity (Wildman–Crippen MR) is 66.9 cm³/mol. The van der Waals surface area contributed by atoms with Gasteiger partial charge in [0.25, 0.3) is 0 Å². The first-order valence-corrected chi connectivity index (χ1v) is 5.95. The molecule has 0 spiro atoms. The fraction of sp³-hybridized carbons (Fsp3) is 0.462. The maximum atomic E-state index is 5.70. The van der Waals surface area contributed by atoms with Crippen LogP contribution >= 0.6 is 0 Å². The molecule has 0 bridgehead atoms. The van der Waals surface area contributed by atoms with Gasteiger partial charge < -0.3 is 15.0 Å². The molecule has 2 N–H and O–H groups in total. The Hall–Kier alpha value is -1.39. The summed E-state index contributed by atoms with van der Waals surface area (Å²) >= 11 is 0. The number of aryl methyl sites for hydroxylation is 1. The first-order valence-electron chi connectivity index (χ1n) is 5.95. The summed E-state index contributed by atoms with van der Waals surface area (Å²) < 4.78 is 7.42. The molecule has 2 aromatic rings. The highest BCUT2D eigenvalue weighted by Gasteiger charge is 2.39. The van der Waals surface area contributed by atoms with Crippen LogP contribution in [-0.2, 0) is 17.2 Å². The molecule has 1 saturated heterocycles. The maximum absolute atomic E-state index is 5.70. The highest BCUT2D eigenvalue weighted by atomic mass is 16.5. The molecule has 0 amide bonds. The molecule has 0 radical (unpaired) electrons. The number of nitrogens with two attached hydrogens (primary N) is 1. The SMILES string of the molecule is Cn1cnc2cc(C3(CCN)COC3)ccc21. The Morgan fingerprint density at radius 2 is 2.29 bits per heavy atom. The minimum Gasteiger partial charge on any atom is -0.379 e. The normalized spacial score (nSPS) is 18.2. The number of hydrogen-bond donors (Lipinski definition) is 1. The molecule has 0 saturated carbocycles. The zero-order valence-electron chi connectivity index (χ0n) is 10.0. The second-order valence-electron chi connectivity index (χ2n) is 4.87. The lowest BCUT2D eigenvalue weighted by molar-refractivity contribution is -0.0630. The number of hydrogen-bond acceptors (Lipinski definition) is 3. The summed E-state index contributed by atoms with van der Waals surface area (Å²) in [6.07, 6.45) is 2.83. The number of rotatable bonds is 3. The highest BCUT2D eigenvalue weighted by Crippen LogP contribution is 2.36. The smallest absolute Gasteiger partial charge is 0.0955 e. The third-order valence-corrected chi connectivity index (χ3v) is 3.72. The zero-order chi connectivity index (χ0) is 11.9. The van der Waals surface area contributed by atoms with Gasteiger partial charge in [-0.15, -0.1) is 0 Å². The lowest BCUT2D eigenvalue weighted by Gasteiger charge is -2.42. The van der Waals surface area contributed by atoms with E-state index in [1.54, 1.807) is 0 Å². The number of benzene rings is 1. The van der Waals surface area contributed by atoms with Gasteiger partial charge in [0.2, 0.25) is 0 Å². The quantitative estimate of drug-likeness (QED) is 0.863. The van der Waals surface area contributed by atoms with E-state index in [4.69, 9.17) is 10.5 Å². The van der Waals surface area contributed by atoms with Gasteiger partial charge >= 0.3 is 0 Å². The van der Waals surface area contributed by atoms with Crippen molar-refractivity contribution in [1.29, 1.82) is 0 Å². The summed E-state index contributed by atoms with van der Waals surface area (Å²) in [5, 5.41) is 0. The van der Waals surface area contributed by atoms with Gasteiger partial charge in [-0.2, -0.15) is 0 Å². The molecule has 4 nitrogen and oxygen atoms in total. The van der Waals surface area contributed by atoms with Crippen LogP contribution in [0.2, 0.25) is 0 Å². The molecule has 2 heterocycles. The number of aromatic nitrogens is 2. The van der Waals surface area contributed by atoms with E-state index in [2.05, 4.69) is 23.2 Å². The van der Waals surface area contributed by atoms with Crippen molar-refractivity contribution in [3.8, 4) is 0 Å². The number of nitrogens with zero attached hydrogens (tertiary/aromatic N) is 2. The Balaban J connectivity index is 2.05. The van der Waals surface area contributed by atoms with Crippen LogP contribution in [0.1, 0.15) is 12.0 Å². The van der Waals surface area contributed by atoms with Gasteiger partial charge in [0.1, 0.15) is 0 Å². The van der Waals surface area contributed by atoms with Crippen molar-refractivity contribution in [3.05, 3.63) is 30.1 Å².